The molecule has 1 saturated carbocycles. The molecule has 5 heteroatoms. The number of benzene rings is 1. The van der Waals surface area contributed by atoms with Gasteiger partial charge in [-0.3, -0.25) is 4.79 Å². The highest BCUT2D eigenvalue weighted by Gasteiger charge is 2.47. The van der Waals surface area contributed by atoms with E-state index in [4.69, 9.17) is 23.2 Å². The summed E-state index contributed by atoms with van der Waals surface area (Å²) in [6.07, 6.45) is 2.01. The molecule has 1 N–H and O–H groups in total. The fraction of sp³-hybridized carbons (Fsp3) is 0.562. The molecular formula is C16H20Cl2N2O. The Hall–Kier alpha value is -0.770. The van der Waals surface area contributed by atoms with Crippen molar-refractivity contribution >= 4 is 29.1 Å². The van der Waals surface area contributed by atoms with Gasteiger partial charge in [-0.05, 0) is 56.0 Å². The molecule has 114 valence electrons. The Morgan fingerprint density at radius 2 is 2.24 bits per heavy atom. The Morgan fingerprint density at radius 1 is 1.43 bits per heavy atom. The van der Waals surface area contributed by atoms with Crippen LogP contribution in [-0.2, 0) is 4.79 Å². The quantitative estimate of drug-likeness (QED) is 0.921. The lowest BCUT2D eigenvalue weighted by Crippen LogP contribution is -2.31. The maximum atomic E-state index is 12.6. The molecule has 21 heavy (non-hydrogen) atoms. The third kappa shape index (κ3) is 3.20. The number of nitrogens with zero attached hydrogens (tertiary/aromatic N) is 1. The lowest BCUT2D eigenvalue weighted by atomic mass is 10.1. The third-order valence-electron chi connectivity index (χ3n) is 4.56. The lowest BCUT2D eigenvalue weighted by Gasteiger charge is -2.17. The van der Waals surface area contributed by atoms with E-state index in [1.165, 1.54) is 0 Å². The van der Waals surface area contributed by atoms with Crippen LogP contribution in [0.5, 0.6) is 0 Å². The SMILES string of the molecule is CNC[C@@H]1CCN(C(=O)[C@@H]2C[C@H]2c2ccc(Cl)cc2Cl)C1. The summed E-state index contributed by atoms with van der Waals surface area (Å²) in [5.74, 6) is 1.27. The van der Waals surface area contributed by atoms with Gasteiger partial charge < -0.3 is 10.2 Å². The molecule has 1 heterocycles. The molecule has 0 unspecified atom stereocenters. The Bertz CT molecular complexity index is 549. The van der Waals surface area contributed by atoms with Crippen molar-refractivity contribution in [3.63, 3.8) is 0 Å². The number of hydrogen-bond acceptors (Lipinski definition) is 2. The second kappa shape index (κ2) is 6.15. The number of halogens is 2. The van der Waals surface area contributed by atoms with Gasteiger partial charge in [-0.25, -0.2) is 0 Å². The van der Waals surface area contributed by atoms with Crippen molar-refractivity contribution in [2.45, 2.75) is 18.8 Å². The second-order valence-corrected chi connectivity index (χ2v) is 6.95. The fourth-order valence-electron chi connectivity index (χ4n) is 3.34. The molecule has 3 rings (SSSR count). The Morgan fingerprint density at radius 3 is 2.95 bits per heavy atom. The molecule has 1 aromatic carbocycles. The molecule has 0 bridgehead atoms. The number of carbonyl (C=O) groups excluding carboxylic acids is 1. The van der Waals surface area contributed by atoms with Crippen LogP contribution in [0.2, 0.25) is 10.0 Å². The summed E-state index contributed by atoms with van der Waals surface area (Å²) in [7, 11) is 1.96. The van der Waals surface area contributed by atoms with E-state index < -0.39 is 0 Å². The van der Waals surface area contributed by atoms with E-state index in [2.05, 4.69) is 5.32 Å². The Labute approximate surface area is 135 Å². The van der Waals surface area contributed by atoms with Gasteiger partial charge >= 0.3 is 0 Å². The van der Waals surface area contributed by atoms with Crippen LogP contribution in [0.1, 0.15) is 24.3 Å². The van der Waals surface area contributed by atoms with Crippen LogP contribution < -0.4 is 5.32 Å². The second-order valence-electron chi connectivity index (χ2n) is 6.11. The van der Waals surface area contributed by atoms with Crippen molar-refractivity contribution in [1.29, 1.82) is 0 Å². The van der Waals surface area contributed by atoms with E-state index in [1.54, 1.807) is 6.07 Å². The first-order valence-corrected chi connectivity index (χ1v) is 8.24. The Kier molecular flexibility index (Phi) is 4.43. The maximum Gasteiger partial charge on any atom is 0.226 e. The third-order valence-corrected chi connectivity index (χ3v) is 5.12. The molecule has 3 atom stereocenters. The first-order chi connectivity index (χ1) is 10.1. The van der Waals surface area contributed by atoms with Crippen LogP contribution in [0.3, 0.4) is 0 Å². The molecule has 1 aliphatic carbocycles. The van der Waals surface area contributed by atoms with Crippen LogP contribution in [-0.4, -0.2) is 37.5 Å². The number of nitrogens with one attached hydrogen (secondary N) is 1. The molecule has 1 aromatic rings. The highest BCUT2D eigenvalue weighted by Crippen LogP contribution is 2.51. The van der Waals surface area contributed by atoms with Gasteiger partial charge in [0.15, 0.2) is 0 Å². The van der Waals surface area contributed by atoms with E-state index >= 15 is 0 Å². The van der Waals surface area contributed by atoms with E-state index in [1.807, 2.05) is 24.1 Å². The van der Waals surface area contributed by atoms with Crippen LogP contribution in [0.15, 0.2) is 18.2 Å². The summed E-state index contributed by atoms with van der Waals surface area (Å²) < 4.78 is 0. The summed E-state index contributed by atoms with van der Waals surface area (Å²) in [6.45, 7) is 2.76. The van der Waals surface area contributed by atoms with Gasteiger partial charge in [0.25, 0.3) is 0 Å². The lowest BCUT2D eigenvalue weighted by molar-refractivity contribution is -0.131. The van der Waals surface area contributed by atoms with Gasteiger partial charge in [-0.1, -0.05) is 29.3 Å². The first kappa shape index (κ1) is 15.1. The summed E-state index contributed by atoms with van der Waals surface area (Å²) >= 11 is 12.2. The number of likely N-dealkylation sites (tertiary alicyclic amines) is 1. The van der Waals surface area contributed by atoms with Gasteiger partial charge in [0.1, 0.15) is 0 Å². The van der Waals surface area contributed by atoms with Crippen molar-refractivity contribution in [1.82, 2.24) is 10.2 Å². The van der Waals surface area contributed by atoms with Gasteiger partial charge in [-0.15, -0.1) is 0 Å². The van der Waals surface area contributed by atoms with E-state index in [0.29, 0.717) is 21.9 Å². The van der Waals surface area contributed by atoms with Crippen molar-refractivity contribution in [3.8, 4) is 0 Å². The van der Waals surface area contributed by atoms with Crippen LogP contribution in [0.4, 0.5) is 0 Å². The first-order valence-electron chi connectivity index (χ1n) is 7.48. The number of amides is 1. The zero-order chi connectivity index (χ0) is 15.0. The molecule has 1 amide bonds. The Balaban J connectivity index is 1.61. The number of hydrogen-bond donors (Lipinski definition) is 1. The molecular weight excluding hydrogens is 307 g/mol. The fourth-order valence-corrected chi connectivity index (χ4v) is 3.89. The summed E-state index contributed by atoms with van der Waals surface area (Å²) in [5.41, 5.74) is 1.06. The molecule has 0 radical (unpaired) electrons. The zero-order valence-electron chi connectivity index (χ0n) is 12.1. The largest absolute Gasteiger partial charge is 0.342 e. The minimum Gasteiger partial charge on any atom is -0.342 e. The standard InChI is InChI=1S/C16H20Cl2N2O/c1-19-8-10-4-5-20(9-10)16(21)14-7-13(14)12-3-2-11(17)6-15(12)18/h2-3,6,10,13-14,19H,4-5,7-9H2,1H3/t10-,13-,14+/m0/s1. The van der Waals surface area contributed by atoms with Crippen molar-refractivity contribution < 1.29 is 4.79 Å². The topological polar surface area (TPSA) is 32.3 Å². The van der Waals surface area contributed by atoms with Crippen molar-refractivity contribution in [2.75, 3.05) is 26.7 Å². The van der Waals surface area contributed by atoms with Gasteiger partial charge in [-0.2, -0.15) is 0 Å². The van der Waals surface area contributed by atoms with E-state index in [-0.39, 0.29) is 11.8 Å². The molecule has 2 fully saturated rings. The minimum atomic E-state index is 0.108. The molecule has 0 aromatic heterocycles. The minimum absolute atomic E-state index is 0.108. The summed E-state index contributed by atoms with van der Waals surface area (Å²) in [6, 6.07) is 5.56. The highest BCUT2D eigenvalue weighted by molar-refractivity contribution is 6.35. The monoisotopic (exact) mass is 326 g/mol. The molecule has 3 nitrogen and oxygen atoms in total. The van der Waals surface area contributed by atoms with Crippen LogP contribution in [0.25, 0.3) is 0 Å². The predicted octanol–water partition coefficient (Wildman–Crippen LogP) is 3.16. The summed E-state index contributed by atoms with van der Waals surface area (Å²) in [5, 5.41) is 4.51. The molecule has 2 aliphatic rings. The van der Waals surface area contributed by atoms with Crippen LogP contribution in [0, 0.1) is 11.8 Å². The van der Waals surface area contributed by atoms with Gasteiger partial charge in [0.05, 0.1) is 0 Å². The average Bonchev–Trinajstić information content (AvgIpc) is 3.09. The number of carbonyl (C=O) groups is 1. The predicted molar refractivity (Wildman–Crippen MR) is 85.9 cm³/mol. The molecule has 1 saturated heterocycles. The number of rotatable bonds is 4. The van der Waals surface area contributed by atoms with E-state index in [9.17, 15) is 4.79 Å². The van der Waals surface area contributed by atoms with Gasteiger partial charge in [0.2, 0.25) is 5.91 Å². The average molecular weight is 327 g/mol. The zero-order valence-corrected chi connectivity index (χ0v) is 13.6. The smallest absolute Gasteiger partial charge is 0.226 e. The highest BCUT2D eigenvalue weighted by atomic mass is 35.5. The molecule has 1 aliphatic heterocycles. The maximum absolute atomic E-state index is 12.6. The van der Waals surface area contributed by atoms with Crippen LogP contribution >= 0.6 is 23.2 Å². The van der Waals surface area contributed by atoms with Gasteiger partial charge in [0, 0.05) is 29.1 Å². The van der Waals surface area contributed by atoms with E-state index in [0.717, 1.165) is 38.0 Å². The molecule has 0 spiro atoms. The summed E-state index contributed by atoms with van der Waals surface area (Å²) in [4.78, 5) is 14.6. The van der Waals surface area contributed by atoms with Crippen molar-refractivity contribution in [2.24, 2.45) is 11.8 Å². The van der Waals surface area contributed by atoms with Crippen molar-refractivity contribution in [3.05, 3.63) is 33.8 Å². The normalized spacial score (nSPS) is 28.0.